The van der Waals surface area contributed by atoms with Gasteiger partial charge in [0.1, 0.15) is 5.75 Å². The molecule has 1 aliphatic rings. The third-order valence-electron chi connectivity index (χ3n) is 4.26. The van der Waals surface area contributed by atoms with Crippen molar-refractivity contribution in [1.29, 1.82) is 0 Å². The summed E-state index contributed by atoms with van der Waals surface area (Å²) in [7, 11) is 0. The number of para-hydroxylation sites is 1. The monoisotopic (exact) mass is 247 g/mol. The van der Waals surface area contributed by atoms with E-state index in [2.05, 4.69) is 51.2 Å². The van der Waals surface area contributed by atoms with Crippen molar-refractivity contribution >= 4 is 0 Å². The lowest BCUT2D eigenvalue weighted by Crippen LogP contribution is -2.41. The van der Waals surface area contributed by atoms with Crippen LogP contribution in [0.5, 0.6) is 5.75 Å². The molecule has 1 aromatic carbocycles. The molecule has 0 saturated heterocycles. The molecule has 18 heavy (non-hydrogen) atoms. The van der Waals surface area contributed by atoms with Gasteiger partial charge in [0.15, 0.2) is 0 Å². The number of ether oxygens (including phenoxy) is 1. The molecule has 0 fully saturated rings. The van der Waals surface area contributed by atoms with Gasteiger partial charge in [-0.3, -0.25) is 0 Å². The van der Waals surface area contributed by atoms with Crippen LogP contribution in [-0.4, -0.2) is 12.6 Å². The van der Waals surface area contributed by atoms with Crippen LogP contribution in [0.4, 0.5) is 0 Å². The summed E-state index contributed by atoms with van der Waals surface area (Å²) in [6.45, 7) is 9.93. The Hall–Kier alpha value is -1.02. The number of fused-ring (bicyclic) bond motifs is 1. The Morgan fingerprint density at radius 1 is 1.33 bits per heavy atom. The SMILES string of the molecule is CCC(C)C(C)NC1c2ccccc2OCC1C. The van der Waals surface area contributed by atoms with Crippen LogP contribution in [0.3, 0.4) is 0 Å². The van der Waals surface area contributed by atoms with Crippen LogP contribution in [0.2, 0.25) is 0 Å². The minimum atomic E-state index is 0.416. The Morgan fingerprint density at radius 2 is 2.06 bits per heavy atom. The van der Waals surface area contributed by atoms with Crippen molar-refractivity contribution in [3.63, 3.8) is 0 Å². The number of hydrogen-bond acceptors (Lipinski definition) is 2. The summed E-state index contributed by atoms with van der Waals surface area (Å²) >= 11 is 0. The van der Waals surface area contributed by atoms with Gasteiger partial charge in [0.25, 0.3) is 0 Å². The highest BCUT2D eigenvalue weighted by Gasteiger charge is 2.29. The van der Waals surface area contributed by atoms with Gasteiger partial charge in [-0.1, -0.05) is 45.4 Å². The fourth-order valence-electron chi connectivity index (χ4n) is 2.55. The van der Waals surface area contributed by atoms with E-state index in [0.29, 0.717) is 23.9 Å². The number of hydrogen-bond donors (Lipinski definition) is 1. The quantitative estimate of drug-likeness (QED) is 0.874. The van der Waals surface area contributed by atoms with Crippen LogP contribution in [0.25, 0.3) is 0 Å². The smallest absolute Gasteiger partial charge is 0.124 e. The standard InChI is InChI=1S/C16H25NO/c1-5-11(2)13(4)17-16-12(3)10-18-15-9-7-6-8-14(15)16/h6-9,11-13,16-17H,5,10H2,1-4H3. The molecule has 4 atom stereocenters. The van der Waals surface area contributed by atoms with E-state index in [1.54, 1.807) is 0 Å². The number of rotatable bonds is 4. The highest BCUT2D eigenvalue weighted by Crippen LogP contribution is 2.35. The molecule has 2 nitrogen and oxygen atoms in total. The Balaban J connectivity index is 2.16. The highest BCUT2D eigenvalue weighted by atomic mass is 16.5. The van der Waals surface area contributed by atoms with Crippen molar-refractivity contribution in [3.05, 3.63) is 29.8 Å². The van der Waals surface area contributed by atoms with Gasteiger partial charge in [-0.05, 0) is 18.9 Å². The lowest BCUT2D eigenvalue weighted by Gasteiger charge is -2.35. The Bertz CT molecular complexity index is 390. The third-order valence-corrected chi connectivity index (χ3v) is 4.26. The van der Waals surface area contributed by atoms with E-state index in [1.165, 1.54) is 12.0 Å². The summed E-state index contributed by atoms with van der Waals surface area (Å²) in [5.41, 5.74) is 1.31. The van der Waals surface area contributed by atoms with E-state index in [-0.39, 0.29) is 0 Å². The maximum atomic E-state index is 5.79. The van der Waals surface area contributed by atoms with Gasteiger partial charge in [0.2, 0.25) is 0 Å². The predicted octanol–water partition coefficient (Wildman–Crippen LogP) is 3.78. The van der Waals surface area contributed by atoms with Crippen molar-refractivity contribution < 1.29 is 4.74 Å². The van der Waals surface area contributed by atoms with Crippen molar-refractivity contribution in [2.45, 2.75) is 46.2 Å². The third kappa shape index (κ3) is 2.69. The normalized spacial score (nSPS) is 26.0. The highest BCUT2D eigenvalue weighted by molar-refractivity contribution is 5.38. The first kappa shape index (κ1) is 13.4. The van der Waals surface area contributed by atoms with Gasteiger partial charge in [-0.15, -0.1) is 0 Å². The minimum absolute atomic E-state index is 0.416. The molecule has 0 bridgehead atoms. The molecule has 0 spiro atoms. The molecule has 100 valence electrons. The zero-order valence-electron chi connectivity index (χ0n) is 11.9. The van der Waals surface area contributed by atoms with E-state index < -0.39 is 0 Å². The van der Waals surface area contributed by atoms with E-state index in [4.69, 9.17) is 4.74 Å². The first-order chi connectivity index (χ1) is 8.63. The van der Waals surface area contributed by atoms with Gasteiger partial charge in [-0.25, -0.2) is 0 Å². The van der Waals surface area contributed by atoms with Gasteiger partial charge >= 0.3 is 0 Å². The molecule has 0 aromatic heterocycles. The van der Waals surface area contributed by atoms with E-state index in [9.17, 15) is 0 Å². The molecule has 0 radical (unpaired) electrons. The predicted molar refractivity (Wildman–Crippen MR) is 75.9 cm³/mol. The Kier molecular flexibility index (Phi) is 4.28. The molecule has 0 saturated carbocycles. The molecule has 4 unspecified atom stereocenters. The molecule has 2 rings (SSSR count). The van der Waals surface area contributed by atoms with Gasteiger partial charge in [0.05, 0.1) is 6.61 Å². The van der Waals surface area contributed by atoms with Crippen LogP contribution >= 0.6 is 0 Å². The van der Waals surface area contributed by atoms with Crippen LogP contribution in [-0.2, 0) is 0 Å². The molecule has 1 heterocycles. The van der Waals surface area contributed by atoms with Crippen molar-refractivity contribution in [3.8, 4) is 5.75 Å². The molecular weight excluding hydrogens is 222 g/mol. The topological polar surface area (TPSA) is 21.3 Å². The number of nitrogens with one attached hydrogen (secondary N) is 1. The number of benzene rings is 1. The minimum Gasteiger partial charge on any atom is -0.493 e. The molecule has 1 N–H and O–H groups in total. The van der Waals surface area contributed by atoms with Crippen molar-refractivity contribution in [2.75, 3.05) is 6.61 Å². The second kappa shape index (κ2) is 5.75. The lowest BCUT2D eigenvalue weighted by molar-refractivity contribution is 0.174. The maximum absolute atomic E-state index is 5.79. The molecule has 0 aliphatic carbocycles. The summed E-state index contributed by atoms with van der Waals surface area (Å²) in [5.74, 6) is 2.27. The fourth-order valence-corrected chi connectivity index (χ4v) is 2.55. The largest absolute Gasteiger partial charge is 0.493 e. The Labute approximate surface area is 111 Å². The molecule has 2 heteroatoms. The van der Waals surface area contributed by atoms with E-state index in [1.807, 2.05) is 6.07 Å². The maximum Gasteiger partial charge on any atom is 0.124 e. The second-order valence-electron chi connectivity index (χ2n) is 5.64. The van der Waals surface area contributed by atoms with Crippen molar-refractivity contribution in [1.82, 2.24) is 5.32 Å². The average Bonchev–Trinajstić information content (AvgIpc) is 2.41. The van der Waals surface area contributed by atoms with E-state index >= 15 is 0 Å². The van der Waals surface area contributed by atoms with Crippen LogP contribution in [0.15, 0.2) is 24.3 Å². The molecule has 1 aliphatic heterocycles. The van der Waals surface area contributed by atoms with Crippen molar-refractivity contribution in [2.24, 2.45) is 11.8 Å². The lowest BCUT2D eigenvalue weighted by atomic mass is 9.90. The average molecular weight is 247 g/mol. The summed E-state index contributed by atoms with van der Waals surface area (Å²) < 4.78 is 5.79. The first-order valence-electron chi connectivity index (χ1n) is 7.11. The van der Waals surface area contributed by atoms with Gasteiger partial charge < -0.3 is 10.1 Å². The van der Waals surface area contributed by atoms with Crippen LogP contribution in [0.1, 0.15) is 45.7 Å². The fraction of sp³-hybridized carbons (Fsp3) is 0.625. The summed E-state index contributed by atoms with van der Waals surface area (Å²) in [6, 6.07) is 9.36. The molecular formula is C16H25NO. The Morgan fingerprint density at radius 3 is 2.78 bits per heavy atom. The summed E-state index contributed by atoms with van der Waals surface area (Å²) in [6.07, 6.45) is 1.22. The van der Waals surface area contributed by atoms with Gasteiger partial charge in [0, 0.05) is 23.6 Å². The first-order valence-corrected chi connectivity index (χ1v) is 7.11. The second-order valence-corrected chi connectivity index (χ2v) is 5.64. The van der Waals surface area contributed by atoms with E-state index in [0.717, 1.165) is 12.4 Å². The molecule has 1 aromatic rings. The summed E-state index contributed by atoms with van der Waals surface area (Å²) in [4.78, 5) is 0. The van der Waals surface area contributed by atoms with Crippen LogP contribution < -0.4 is 10.1 Å². The summed E-state index contributed by atoms with van der Waals surface area (Å²) in [5, 5.41) is 3.80. The zero-order valence-corrected chi connectivity index (χ0v) is 11.9. The van der Waals surface area contributed by atoms with Gasteiger partial charge in [-0.2, -0.15) is 0 Å². The molecule has 0 amide bonds. The van der Waals surface area contributed by atoms with Crippen LogP contribution in [0, 0.1) is 11.8 Å². The zero-order chi connectivity index (χ0) is 13.1.